The Morgan fingerprint density at radius 3 is 2.24 bits per heavy atom. The lowest BCUT2D eigenvalue weighted by Crippen LogP contribution is -2.39. The maximum atomic E-state index is 12.8. The van der Waals surface area contributed by atoms with Gasteiger partial charge in [-0.1, -0.05) is 99.7 Å². The quantitative estimate of drug-likeness (QED) is 0.175. The smallest absolute Gasteiger partial charge is 0.274 e. The molecule has 2 unspecified atom stereocenters. The molecule has 1 aliphatic carbocycles. The Hall–Kier alpha value is -4.01. The number of anilines is 1. The molecule has 4 aromatic rings. The van der Waals surface area contributed by atoms with Crippen LogP contribution in [0.5, 0.6) is 0 Å². The average molecular weight is 628 g/mol. The number of fused-ring (bicyclic) bond motifs is 3. The number of aromatic amines is 1. The summed E-state index contributed by atoms with van der Waals surface area (Å²) in [6, 6.07) is 24.8. The number of nitrogens with zero attached hydrogens (tertiary/aromatic N) is 2. The number of hydrogen-bond acceptors (Lipinski definition) is 4. The minimum Gasteiger partial charge on any atom is -0.370 e. The Kier molecular flexibility index (Phi) is 11.5. The third kappa shape index (κ3) is 8.18. The number of aryl methyl sites for hydroxylation is 1. The largest absolute Gasteiger partial charge is 0.370 e. The first-order valence-corrected chi connectivity index (χ1v) is 17.3. The van der Waals surface area contributed by atoms with Crippen LogP contribution in [0.4, 0.5) is 5.69 Å². The van der Waals surface area contributed by atoms with Crippen LogP contribution >= 0.6 is 0 Å². The lowest BCUT2D eigenvalue weighted by molar-refractivity contribution is -0.118. The topological polar surface area (TPSA) is 103 Å². The van der Waals surface area contributed by atoms with Crippen LogP contribution in [0.1, 0.15) is 58.9 Å². The highest BCUT2D eigenvalue weighted by Gasteiger charge is 2.40. The third-order valence-electron chi connectivity index (χ3n) is 8.40. The Balaban J connectivity index is 0.000000323. The molecule has 238 valence electrons. The third-order valence-corrected chi connectivity index (χ3v) is 10.0. The monoisotopic (exact) mass is 627 g/mol. The normalized spacial score (nSPS) is 18.2. The highest BCUT2D eigenvalue weighted by Crippen LogP contribution is 2.31. The van der Waals surface area contributed by atoms with Crippen molar-refractivity contribution < 1.29 is 17.8 Å². The molecule has 5 rings (SSSR count). The molecule has 2 N–H and O–H groups in total. The van der Waals surface area contributed by atoms with Gasteiger partial charge in [-0.2, -0.15) is 8.42 Å². The molecule has 0 fully saturated rings. The fourth-order valence-electron chi connectivity index (χ4n) is 5.66. The van der Waals surface area contributed by atoms with Crippen molar-refractivity contribution in [2.24, 2.45) is 10.9 Å². The molecule has 0 bridgehead atoms. The molecule has 7 nitrogen and oxygen atoms in total. The summed E-state index contributed by atoms with van der Waals surface area (Å²) in [4.78, 5) is 23.4. The van der Waals surface area contributed by atoms with E-state index < -0.39 is 14.9 Å². The first kappa shape index (κ1) is 33.9. The van der Waals surface area contributed by atoms with E-state index in [-0.39, 0.29) is 11.8 Å². The maximum absolute atomic E-state index is 12.8. The fraction of sp³-hybridized carbons (Fsp3) is 0.351. The van der Waals surface area contributed by atoms with Gasteiger partial charge in [0.15, 0.2) is 0 Å². The minimum atomic E-state index is -4.01. The zero-order chi connectivity index (χ0) is 32.5. The molecular weight excluding hydrogens is 582 g/mol. The number of benzene rings is 2. The summed E-state index contributed by atoms with van der Waals surface area (Å²) in [7, 11) is -4.01. The number of aromatic nitrogens is 1. The number of amides is 1. The molecule has 1 aliphatic rings. The van der Waals surface area contributed by atoms with Gasteiger partial charge in [0.2, 0.25) is 5.91 Å². The first-order valence-electron chi connectivity index (χ1n) is 15.8. The number of allylic oxidation sites excluding steroid dienone is 3. The van der Waals surface area contributed by atoms with E-state index >= 15 is 0 Å². The van der Waals surface area contributed by atoms with Crippen molar-refractivity contribution in [3.8, 4) is 0 Å². The molecule has 0 saturated carbocycles. The van der Waals surface area contributed by atoms with Gasteiger partial charge in [0, 0.05) is 35.8 Å². The molecule has 45 heavy (non-hydrogen) atoms. The van der Waals surface area contributed by atoms with Gasteiger partial charge in [-0.25, -0.2) is 4.99 Å². The summed E-state index contributed by atoms with van der Waals surface area (Å²) in [6.07, 6.45) is 11.0. The van der Waals surface area contributed by atoms with Crippen LogP contribution < -0.4 is 10.3 Å². The predicted octanol–water partition coefficient (Wildman–Crippen LogP) is 7.79. The van der Waals surface area contributed by atoms with E-state index in [1.165, 1.54) is 24.3 Å². The Morgan fingerprint density at radius 2 is 1.62 bits per heavy atom. The van der Waals surface area contributed by atoms with Crippen molar-refractivity contribution in [2.45, 2.75) is 64.5 Å². The maximum Gasteiger partial charge on any atom is 0.274 e. The summed E-state index contributed by atoms with van der Waals surface area (Å²) in [6.45, 7) is 9.69. The van der Waals surface area contributed by atoms with Crippen LogP contribution in [-0.2, 0) is 21.3 Å². The molecule has 0 spiro atoms. The van der Waals surface area contributed by atoms with Crippen LogP contribution in [0.3, 0.4) is 0 Å². The lowest BCUT2D eigenvalue weighted by atomic mass is 9.91. The highest BCUT2D eigenvalue weighted by atomic mass is 32.2. The highest BCUT2D eigenvalue weighted by molar-refractivity contribution is 7.87. The molecular formula is C37H45N3O4S. The Bertz CT molecular complexity index is 1840. The van der Waals surface area contributed by atoms with Gasteiger partial charge in [0.05, 0.1) is 16.6 Å². The number of H-pyrrole nitrogens is 1. The van der Waals surface area contributed by atoms with E-state index in [2.05, 4.69) is 59.1 Å². The van der Waals surface area contributed by atoms with Gasteiger partial charge in [-0.05, 0) is 62.3 Å². The second kappa shape index (κ2) is 15.3. The van der Waals surface area contributed by atoms with Crippen molar-refractivity contribution >= 4 is 43.5 Å². The zero-order valence-electron chi connectivity index (χ0n) is 26.7. The van der Waals surface area contributed by atoms with Crippen LogP contribution in [0.2, 0.25) is 0 Å². The van der Waals surface area contributed by atoms with Gasteiger partial charge >= 0.3 is 0 Å². The molecule has 1 heterocycles. The van der Waals surface area contributed by atoms with Gasteiger partial charge in [-0.15, -0.1) is 0 Å². The molecule has 0 aliphatic heterocycles. The zero-order valence-corrected chi connectivity index (χ0v) is 27.6. The molecule has 3 aromatic carbocycles. The summed E-state index contributed by atoms with van der Waals surface area (Å²) in [5.41, 5.74) is 4.57. The van der Waals surface area contributed by atoms with Crippen molar-refractivity contribution in [2.75, 3.05) is 18.0 Å². The van der Waals surface area contributed by atoms with E-state index in [0.29, 0.717) is 6.42 Å². The SMILES string of the molecule is CC1C=CC=CC1(C)S(=O)(=O)O.CCCN(CCC)c1ccc(=NC(=O)CCCc2ccccc2)c2c1[nH]c1cccccc12. The minimum absolute atomic E-state index is 0.0615. The first-order chi connectivity index (χ1) is 21.6. The standard InChI is InChI=1S/C29H33N3O.C8H12O3S/c1-3-20-32(21-4-2)26-19-18-25(28-23-15-9-6-10-16-24(23)31-29(26)28)30-27(33)17-11-14-22-12-7-5-8-13-22;1-7-5-3-4-6-8(7,2)12(9,10)11/h5-10,12-13,15-16,18-19,31H,3-4,11,14,17,20-21H2,1-2H3;3-7H,1-2H3,(H,9,10,11). The summed E-state index contributed by atoms with van der Waals surface area (Å²) in [5, 5.41) is 2.89. The molecule has 8 heteroatoms. The second-order valence-corrected chi connectivity index (χ2v) is 13.6. The number of nitrogens with one attached hydrogen (secondary N) is 1. The number of rotatable bonds is 10. The van der Waals surface area contributed by atoms with Crippen LogP contribution in [0.25, 0.3) is 21.8 Å². The van der Waals surface area contributed by atoms with Gasteiger partial charge in [0.25, 0.3) is 10.1 Å². The van der Waals surface area contributed by atoms with E-state index in [0.717, 1.165) is 65.9 Å². The van der Waals surface area contributed by atoms with Gasteiger partial charge in [-0.3, -0.25) is 9.35 Å². The number of carbonyl (C=O) groups is 1. The summed E-state index contributed by atoms with van der Waals surface area (Å²) in [5.74, 6) is -0.258. The number of carbonyl (C=O) groups excluding carboxylic acids is 1. The second-order valence-electron chi connectivity index (χ2n) is 11.7. The fourth-order valence-corrected chi connectivity index (χ4v) is 6.46. The van der Waals surface area contributed by atoms with Crippen molar-refractivity contribution in [1.82, 2.24) is 4.98 Å². The summed E-state index contributed by atoms with van der Waals surface area (Å²) >= 11 is 0. The van der Waals surface area contributed by atoms with Gasteiger partial charge < -0.3 is 9.88 Å². The molecule has 0 saturated heterocycles. The molecule has 1 amide bonds. The predicted molar refractivity (Wildman–Crippen MR) is 186 cm³/mol. The van der Waals surface area contributed by atoms with Crippen LogP contribution in [0.15, 0.2) is 102 Å². The van der Waals surface area contributed by atoms with E-state index in [1.54, 1.807) is 25.2 Å². The average Bonchev–Trinajstić information content (AvgIpc) is 3.22. The van der Waals surface area contributed by atoms with Crippen molar-refractivity contribution in [1.29, 1.82) is 0 Å². The van der Waals surface area contributed by atoms with Crippen LogP contribution in [0, 0.1) is 5.92 Å². The van der Waals surface area contributed by atoms with Crippen molar-refractivity contribution in [3.05, 3.63) is 108 Å². The molecule has 0 radical (unpaired) electrons. The van der Waals surface area contributed by atoms with Crippen molar-refractivity contribution in [3.63, 3.8) is 0 Å². The Morgan fingerprint density at radius 1 is 0.956 bits per heavy atom. The van der Waals surface area contributed by atoms with Gasteiger partial charge in [0.1, 0.15) is 4.75 Å². The Labute approximate surface area is 267 Å². The molecule has 2 atom stereocenters. The van der Waals surface area contributed by atoms with Crippen LogP contribution in [-0.4, -0.2) is 41.7 Å². The lowest BCUT2D eigenvalue weighted by Gasteiger charge is -2.29. The summed E-state index contributed by atoms with van der Waals surface area (Å²) < 4.78 is 29.8. The van der Waals surface area contributed by atoms with E-state index in [1.807, 2.05) is 42.5 Å². The molecule has 1 aromatic heterocycles. The van der Waals surface area contributed by atoms with E-state index in [9.17, 15) is 13.2 Å². The number of hydrogen-bond donors (Lipinski definition) is 2. The van der Waals surface area contributed by atoms with E-state index in [4.69, 9.17) is 4.55 Å².